The van der Waals surface area contributed by atoms with Crippen LogP contribution in [-0.4, -0.2) is 73.4 Å². The fourth-order valence-electron chi connectivity index (χ4n) is 2.95. The van der Waals surface area contributed by atoms with Gasteiger partial charge in [0.15, 0.2) is 0 Å². The van der Waals surface area contributed by atoms with Crippen molar-refractivity contribution < 1.29 is 14.6 Å². The molecular formula is C22H35N5O3. The van der Waals surface area contributed by atoms with Crippen molar-refractivity contribution in [2.75, 3.05) is 51.7 Å². The summed E-state index contributed by atoms with van der Waals surface area (Å²) >= 11 is 0. The summed E-state index contributed by atoms with van der Waals surface area (Å²) in [4.78, 5) is 15.7. The lowest BCUT2D eigenvalue weighted by Crippen LogP contribution is -2.45. The Balaban J connectivity index is 2.05. The number of ether oxygens (including phenoxy) is 1. The number of hydrogen-bond donors (Lipinski definition) is 4. The summed E-state index contributed by atoms with van der Waals surface area (Å²) in [7, 11) is 2.13. The van der Waals surface area contributed by atoms with Gasteiger partial charge in [0.2, 0.25) is 6.41 Å². The summed E-state index contributed by atoms with van der Waals surface area (Å²) in [5, 5.41) is 23.5. The molecule has 1 aliphatic rings. The predicted octanol–water partition coefficient (Wildman–Crippen LogP) is 1.87. The molecule has 2 rings (SSSR count). The number of nitrogens with zero attached hydrogens (tertiary/aromatic N) is 2. The Bertz CT molecular complexity index is 750. The standard InChI is InChI=1S/C22H35N5O3/c1-22(2,3)20(23)14-21(24-16-29)25-18-6-5-17(15-28)19(13-18)30-12-11-27-9-7-26(4)8-10-27/h5-6,13-14,16,23,25,28H,7-12,15H2,1-4H3,(H,24,29)/b21-14-,23-20?. The number of carbonyl (C=O) groups excluding carboxylic acids is 1. The third kappa shape index (κ3) is 7.44. The van der Waals surface area contributed by atoms with Gasteiger partial charge in [0.25, 0.3) is 0 Å². The number of aliphatic hydroxyl groups excluding tert-OH is 1. The minimum Gasteiger partial charge on any atom is -0.492 e. The second-order valence-electron chi connectivity index (χ2n) is 8.58. The minimum absolute atomic E-state index is 0.117. The lowest BCUT2D eigenvalue weighted by molar-refractivity contribution is -0.108. The van der Waals surface area contributed by atoms with Crippen LogP contribution >= 0.6 is 0 Å². The molecule has 0 spiro atoms. The normalized spacial score (nSPS) is 16.2. The Morgan fingerprint density at radius 3 is 2.57 bits per heavy atom. The van der Waals surface area contributed by atoms with Crippen LogP contribution < -0.4 is 15.4 Å². The maximum Gasteiger partial charge on any atom is 0.212 e. The van der Waals surface area contributed by atoms with Gasteiger partial charge in [-0.05, 0) is 13.1 Å². The highest BCUT2D eigenvalue weighted by Crippen LogP contribution is 2.25. The van der Waals surface area contributed by atoms with Crippen molar-refractivity contribution >= 4 is 17.8 Å². The first-order valence-corrected chi connectivity index (χ1v) is 10.3. The van der Waals surface area contributed by atoms with Gasteiger partial charge in [0.1, 0.15) is 18.2 Å². The Hall–Kier alpha value is -2.42. The highest BCUT2D eigenvalue weighted by molar-refractivity contribution is 5.97. The predicted molar refractivity (Wildman–Crippen MR) is 120 cm³/mol. The number of nitrogens with one attached hydrogen (secondary N) is 3. The number of hydrogen-bond acceptors (Lipinski definition) is 7. The molecule has 30 heavy (non-hydrogen) atoms. The van der Waals surface area contributed by atoms with E-state index in [-0.39, 0.29) is 12.0 Å². The van der Waals surface area contributed by atoms with Gasteiger partial charge in [-0.1, -0.05) is 26.8 Å². The lowest BCUT2D eigenvalue weighted by atomic mass is 9.90. The molecule has 1 aromatic carbocycles. The molecule has 0 aliphatic carbocycles. The molecule has 4 N–H and O–H groups in total. The number of carbonyl (C=O) groups is 1. The number of rotatable bonds is 10. The molecule has 166 valence electrons. The molecule has 0 saturated carbocycles. The van der Waals surface area contributed by atoms with Gasteiger partial charge < -0.3 is 30.8 Å². The smallest absolute Gasteiger partial charge is 0.212 e. The molecule has 1 aliphatic heterocycles. The summed E-state index contributed by atoms with van der Waals surface area (Å²) < 4.78 is 5.97. The van der Waals surface area contributed by atoms with E-state index in [4.69, 9.17) is 10.1 Å². The Labute approximate surface area is 179 Å². The van der Waals surface area contributed by atoms with E-state index < -0.39 is 0 Å². The summed E-state index contributed by atoms with van der Waals surface area (Å²) in [5.74, 6) is 1.01. The summed E-state index contributed by atoms with van der Waals surface area (Å²) in [5.41, 5.74) is 1.45. The first-order valence-electron chi connectivity index (χ1n) is 10.3. The van der Waals surface area contributed by atoms with Gasteiger partial charge in [0, 0.05) is 67.2 Å². The molecule has 1 amide bonds. The van der Waals surface area contributed by atoms with Crippen LogP contribution in [0, 0.1) is 10.8 Å². The molecule has 1 saturated heterocycles. The number of aliphatic hydroxyl groups is 1. The van der Waals surface area contributed by atoms with E-state index in [1.54, 1.807) is 24.3 Å². The van der Waals surface area contributed by atoms with Gasteiger partial charge in [-0.15, -0.1) is 0 Å². The van der Waals surface area contributed by atoms with Crippen molar-refractivity contribution in [3.05, 3.63) is 35.7 Å². The molecule has 0 radical (unpaired) electrons. The first kappa shape index (κ1) is 23.9. The average Bonchev–Trinajstić information content (AvgIpc) is 2.69. The third-order valence-electron chi connectivity index (χ3n) is 5.09. The van der Waals surface area contributed by atoms with Crippen LogP contribution in [0.1, 0.15) is 26.3 Å². The van der Waals surface area contributed by atoms with Gasteiger partial charge in [-0.3, -0.25) is 9.69 Å². The number of likely N-dealkylation sites (N-methyl/N-ethyl adjacent to an activating group) is 1. The highest BCUT2D eigenvalue weighted by Gasteiger charge is 2.17. The van der Waals surface area contributed by atoms with E-state index in [1.165, 1.54) is 0 Å². The summed E-state index contributed by atoms with van der Waals surface area (Å²) in [6.45, 7) is 11.2. The van der Waals surface area contributed by atoms with Gasteiger partial charge in [0.05, 0.1) is 6.61 Å². The van der Waals surface area contributed by atoms with Crippen LogP contribution in [0.5, 0.6) is 5.75 Å². The largest absolute Gasteiger partial charge is 0.492 e. The van der Waals surface area contributed by atoms with Crippen LogP contribution in [0.2, 0.25) is 0 Å². The molecule has 8 nitrogen and oxygen atoms in total. The summed E-state index contributed by atoms with van der Waals surface area (Å²) in [6, 6.07) is 5.40. The lowest BCUT2D eigenvalue weighted by Gasteiger charge is -2.32. The zero-order valence-electron chi connectivity index (χ0n) is 18.5. The van der Waals surface area contributed by atoms with E-state index >= 15 is 0 Å². The van der Waals surface area contributed by atoms with Gasteiger partial charge in [-0.2, -0.15) is 0 Å². The van der Waals surface area contributed by atoms with Crippen LogP contribution in [0.25, 0.3) is 0 Å². The number of allylic oxidation sites excluding steroid dienone is 1. The fraction of sp³-hybridized carbons (Fsp3) is 0.545. The molecule has 0 atom stereocenters. The minimum atomic E-state index is -0.338. The van der Waals surface area contributed by atoms with Crippen LogP contribution in [0.4, 0.5) is 5.69 Å². The number of anilines is 1. The molecule has 0 unspecified atom stereocenters. The number of piperazine rings is 1. The molecule has 1 fully saturated rings. The second-order valence-corrected chi connectivity index (χ2v) is 8.58. The zero-order valence-corrected chi connectivity index (χ0v) is 18.5. The van der Waals surface area contributed by atoms with Crippen LogP contribution in [0.3, 0.4) is 0 Å². The van der Waals surface area contributed by atoms with Crippen molar-refractivity contribution in [2.45, 2.75) is 27.4 Å². The van der Waals surface area contributed by atoms with Crippen molar-refractivity contribution in [1.29, 1.82) is 5.41 Å². The van der Waals surface area contributed by atoms with Crippen LogP contribution in [0.15, 0.2) is 30.1 Å². The number of amides is 1. The first-order chi connectivity index (χ1) is 14.2. The molecule has 0 aromatic heterocycles. The molecule has 8 heteroatoms. The quantitative estimate of drug-likeness (QED) is 0.343. The van der Waals surface area contributed by atoms with Crippen molar-refractivity contribution in [3.8, 4) is 5.75 Å². The fourth-order valence-corrected chi connectivity index (χ4v) is 2.95. The Morgan fingerprint density at radius 2 is 1.97 bits per heavy atom. The molecule has 1 aromatic rings. The number of benzene rings is 1. The van der Waals surface area contributed by atoms with Crippen molar-refractivity contribution in [3.63, 3.8) is 0 Å². The average molecular weight is 418 g/mol. The Morgan fingerprint density at radius 1 is 1.27 bits per heavy atom. The van der Waals surface area contributed by atoms with E-state index in [2.05, 4.69) is 27.5 Å². The zero-order chi connectivity index (χ0) is 22.1. The molecule has 0 bridgehead atoms. The topological polar surface area (TPSA) is 101 Å². The van der Waals surface area contributed by atoms with Gasteiger partial charge in [-0.25, -0.2) is 0 Å². The molecule has 1 heterocycles. The maximum atomic E-state index is 11.0. The summed E-state index contributed by atoms with van der Waals surface area (Å²) in [6.07, 6.45) is 2.17. The monoisotopic (exact) mass is 417 g/mol. The SMILES string of the molecule is CN1CCN(CCOc2cc(N/C(=C\C(=N)C(C)(C)C)NC=O)ccc2CO)CC1. The highest BCUT2D eigenvalue weighted by atomic mass is 16.5. The van der Waals surface area contributed by atoms with E-state index in [1.807, 2.05) is 20.8 Å². The van der Waals surface area contributed by atoms with Crippen molar-refractivity contribution in [1.82, 2.24) is 15.1 Å². The van der Waals surface area contributed by atoms with E-state index in [0.29, 0.717) is 41.5 Å². The maximum absolute atomic E-state index is 11.0. The second kappa shape index (κ2) is 11.1. The third-order valence-corrected chi connectivity index (χ3v) is 5.09. The van der Waals surface area contributed by atoms with E-state index in [0.717, 1.165) is 32.7 Å². The van der Waals surface area contributed by atoms with E-state index in [9.17, 15) is 9.90 Å². The van der Waals surface area contributed by atoms with Crippen LogP contribution in [-0.2, 0) is 11.4 Å². The van der Waals surface area contributed by atoms with Crippen molar-refractivity contribution in [2.24, 2.45) is 5.41 Å². The molecular weight excluding hydrogens is 382 g/mol. The Kier molecular flexibility index (Phi) is 8.83. The van der Waals surface area contributed by atoms with Gasteiger partial charge >= 0.3 is 0 Å².